The lowest BCUT2D eigenvalue weighted by atomic mass is 10.2. The zero-order valence-corrected chi connectivity index (χ0v) is 7.42. The highest BCUT2D eigenvalue weighted by atomic mass is 16.5. The second kappa shape index (κ2) is 5.48. The molecular formula is C9H18O. The summed E-state index contributed by atoms with van der Waals surface area (Å²) in [6.07, 6.45) is 4.57. The standard InChI is InChI=1S/C9H18O/c1-8(2)6-5-7-10-9(3)4/h5-6,8-9H,7H2,1-4H3/b6-5+. The fourth-order valence-corrected chi connectivity index (χ4v) is 0.576. The Morgan fingerprint density at radius 2 is 1.80 bits per heavy atom. The molecule has 0 aliphatic heterocycles. The zero-order chi connectivity index (χ0) is 7.98. The summed E-state index contributed by atoms with van der Waals surface area (Å²) in [7, 11) is 0. The number of rotatable bonds is 4. The van der Waals surface area contributed by atoms with Gasteiger partial charge in [0.15, 0.2) is 0 Å². The third kappa shape index (κ3) is 7.70. The highest BCUT2D eigenvalue weighted by Crippen LogP contribution is 1.94. The molecule has 0 aliphatic rings. The van der Waals surface area contributed by atoms with Crippen molar-refractivity contribution in [2.24, 2.45) is 5.92 Å². The Balaban J connectivity index is 3.19. The van der Waals surface area contributed by atoms with E-state index in [4.69, 9.17) is 4.74 Å². The number of ether oxygens (including phenoxy) is 1. The molecule has 0 aromatic heterocycles. The smallest absolute Gasteiger partial charge is 0.0651 e. The largest absolute Gasteiger partial charge is 0.375 e. The molecule has 0 aliphatic carbocycles. The van der Waals surface area contributed by atoms with E-state index in [1.165, 1.54) is 0 Å². The first kappa shape index (κ1) is 9.70. The van der Waals surface area contributed by atoms with Gasteiger partial charge in [0.25, 0.3) is 0 Å². The van der Waals surface area contributed by atoms with Crippen LogP contribution in [0, 0.1) is 5.92 Å². The molecule has 0 amide bonds. The molecule has 0 fully saturated rings. The highest BCUT2D eigenvalue weighted by molar-refractivity contribution is 4.84. The molecule has 0 atom stereocenters. The molecule has 0 saturated carbocycles. The van der Waals surface area contributed by atoms with Crippen LogP contribution in [0.15, 0.2) is 12.2 Å². The third-order valence-electron chi connectivity index (χ3n) is 1.05. The minimum absolute atomic E-state index is 0.344. The van der Waals surface area contributed by atoms with E-state index >= 15 is 0 Å². The van der Waals surface area contributed by atoms with Crippen LogP contribution in [0.2, 0.25) is 0 Å². The summed E-state index contributed by atoms with van der Waals surface area (Å²) in [5.74, 6) is 0.635. The fraction of sp³-hybridized carbons (Fsp3) is 0.778. The van der Waals surface area contributed by atoms with E-state index in [1.54, 1.807) is 0 Å². The van der Waals surface area contributed by atoms with E-state index in [1.807, 2.05) is 13.8 Å². The summed E-state index contributed by atoms with van der Waals surface area (Å²) in [5.41, 5.74) is 0. The maximum absolute atomic E-state index is 5.31. The summed E-state index contributed by atoms with van der Waals surface area (Å²) < 4.78 is 5.31. The molecule has 0 saturated heterocycles. The number of hydrogen-bond donors (Lipinski definition) is 0. The van der Waals surface area contributed by atoms with Crippen molar-refractivity contribution in [1.29, 1.82) is 0 Å². The van der Waals surface area contributed by atoms with Crippen LogP contribution in [0.5, 0.6) is 0 Å². The maximum atomic E-state index is 5.31. The van der Waals surface area contributed by atoms with Crippen molar-refractivity contribution in [3.8, 4) is 0 Å². The quantitative estimate of drug-likeness (QED) is 0.548. The molecule has 0 aromatic rings. The predicted octanol–water partition coefficient (Wildman–Crippen LogP) is 2.62. The summed E-state index contributed by atoms with van der Waals surface area (Å²) in [4.78, 5) is 0. The van der Waals surface area contributed by atoms with Crippen LogP contribution in [0.25, 0.3) is 0 Å². The Bertz CT molecular complexity index is 92.9. The van der Waals surface area contributed by atoms with Gasteiger partial charge in [-0.1, -0.05) is 26.0 Å². The van der Waals surface area contributed by atoms with Gasteiger partial charge in [-0.15, -0.1) is 0 Å². The average Bonchev–Trinajstić information content (AvgIpc) is 1.79. The van der Waals surface area contributed by atoms with Gasteiger partial charge in [0.2, 0.25) is 0 Å². The van der Waals surface area contributed by atoms with Gasteiger partial charge in [0.1, 0.15) is 0 Å². The lowest BCUT2D eigenvalue weighted by Gasteiger charge is -2.03. The van der Waals surface area contributed by atoms with Crippen LogP contribution in [0.4, 0.5) is 0 Å². The molecular weight excluding hydrogens is 124 g/mol. The van der Waals surface area contributed by atoms with E-state index in [0.29, 0.717) is 12.0 Å². The zero-order valence-electron chi connectivity index (χ0n) is 7.42. The van der Waals surface area contributed by atoms with Gasteiger partial charge in [-0.3, -0.25) is 0 Å². The molecule has 0 heterocycles. The number of hydrogen-bond acceptors (Lipinski definition) is 1. The fourth-order valence-electron chi connectivity index (χ4n) is 0.576. The first-order chi connectivity index (χ1) is 4.63. The monoisotopic (exact) mass is 142 g/mol. The van der Waals surface area contributed by atoms with Gasteiger partial charge >= 0.3 is 0 Å². The van der Waals surface area contributed by atoms with Gasteiger partial charge in [-0.05, 0) is 19.8 Å². The molecule has 0 N–H and O–H groups in total. The first-order valence-corrected chi connectivity index (χ1v) is 3.91. The Morgan fingerprint density at radius 1 is 1.20 bits per heavy atom. The lowest BCUT2D eigenvalue weighted by Crippen LogP contribution is -2.01. The van der Waals surface area contributed by atoms with Gasteiger partial charge in [0, 0.05) is 0 Å². The van der Waals surface area contributed by atoms with Crippen molar-refractivity contribution in [1.82, 2.24) is 0 Å². The van der Waals surface area contributed by atoms with Gasteiger partial charge < -0.3 is 4.74 Å². The summed E-state index contributed by atoms with van der Waals surface area (Å²) >= 11 is 0. The highest BCUT2D eigenvalue weighted by Gasteiger charge is 1.88. The van der Waals surface area contributed by atoms with Crippen molar-refractivity contribution in [2.75, 3.05) is 6.61 Å². The van der Waals surface area contributed by atoms with Gasteiger partial charge in [-0.25, -0.2) is 0 Å². The molecule has 0 rings (SSSR count). The molecule has 1 heteroatoms. The van der Waals surface area contributed by atoms with Crippen molar-refractivity contribution in [2.45, 2.75) is 33.8 Å². The van der Waals surface area contributed by atoms with E-state index < -0.39 is 0 Å². The minimum atomic E-state index is 0.344. The topological polar surface area (TPSA) is 9.23 Å². The second-order valence-corrected chi connectivity index (χ2v) is 3.05. The van der Waals surface area contributed by atoms with E-state index in [-0.39, 0.29) is 0 Å². The molecule has 0 aromatic carbocycles. The third-order valence-corrected chi connectivity index (χ3v) is 1.05. The summed E-state index contributed by atoms with van der Waals surface area (Å²) in [6.45, 7) is 9.15. The summed E-state index contributed by atoms with van der Waals surface area (Å²) in [5, 5.41) is 0. The molecule has 10 heavy (non-hydrogen) atoms. The lowest BCUT2D eigenvalue weighted by molar-refractivity contribution is 0.102. The van der Waals surface area contributed by atoms with Crippen LogP contribution in [-0.2, 0) is 4.74 Å². The van der Waals surface area contributed by atoms with Crippen LogP contribution in [-0.4, -0.2) is 12.7 Å². The normalized spacial score (nSPS) is 12.2. The van der Waals surface area contributed by atoms with Crippen molar-refractivity contribution < 1.29 is 4.74 Å². The van der Waals surface area contributed by atoms with Crippen molar-refractivity contribution in [3.63, 3.8) is 0 Å². The Kier molecular flexibility index (Phi) is 5.32. The Morgan fingerprint density at radius 3 is 2.20 bits per heavy atom. The molecule has 0 unspecified atom stereocenters. The second-order valence-electron chi connectivity index (χ2n) is 3.05. The Hall–Kier alpha value is -0.300. The van der Waals surface area contributed by atoms with Crippen LogP contribution < -0.4 is 0 Å². The first-order valence-electron chi connectivity index (χ1n) is 3.91. The van der Waals surface area contributed by atoms with E-state index in [9.17, 15) is 0 Å². The molecule has 0 bridgehead atoms. The molecule has 60 valence electrons. The van der Waals surface area contributed by atoms with E-state index in [2.05, 4.69) is 26.0 Å². The average molecular weight is 142 g/mol. The Labute approximate surface area is 64.1 Å². The maximum Gasteiger partial charge on any atom is 0.0651 e. The minimum Gasteiger partial charge on any atom is -0.375 e. The van der Waals surface area contributed by atoms with Crippen LogP contribution in [0.1, 0.15) is 27.7 Å². The van der Waals surface area contributed by atoms with Crippen LogP contribution in [0.3, 0.4) is 0 Å². The van der Waals surface area contributed by atoms with Crippen molar-refractivity contribution in [3.05, 3.63) is 12.2 Å². The van der Waals surface area contributed by atoms with Crippen molar-refractivity contribution >= 4 is 0 Å². The van der Waals surface area contributed by atoms with Gasteiger partial charge in [-0.2, -0.15) is 0 Å². The molecule has 0 spiro atoms. The summed E-state index contributed by atoms with van der Waals surface area (Å²) in [6, 6.07) is 0. The molecule has 0 radical (unpaired) electrons. The van der Waals surface area contributed by atoms with Gasteiger partial charge in [0.05, 0.1) is 12.7 Å². The molecule has 1 nitrogen and oxygen atoms in total. The van der Waals surface area contributed by atoms with Crippen LogP contribution >= 0.6 is 0 Å². The predicted molar refractivity (Wildman–Crippen MR) is 45.1 cm³/mol. The van der Waals surface area contributed by atoms with E-state index in [0.717, 1.165) is 6.61 Å². The number of allylic oxidation sites excluding steroid dienone is 1. The SMILES string of the molecule is CC(C)/C=C/COC(C)C.